The fourth-order valence-corrected chi connectivity index (χ4v) is 3.41. The van der Waals surface area contributed by atoms with Gasteiger partial charge in [-0.15, -0.1) is 0 Å². The quantitative estimate of drug-likeness (QED) is 0.715. The van der Waals surface area contributed by atoms with Crippen molar-refractivity contribution in [3.8, 4) is 5.75 Å². The summed E-state index contributed by atoms with van der Waals surface area (Å²) in [6.07, 6.45) is -3.39. The van der Waals surface area contributed by atoms with Gasteiger partial charge < -0.3 is 18.9 Å². The van der Waals surface area contributed by atoms with E-state index in [-0.39, 0.29) is 24.2 Å². The molecule has 2 atom stereocenters. The summed E-state index contributed by atoms with van der Waals surface area (Å²) in [7, 11) is 0. The van der Waals surface area contributed by atoms with Crippen LogP contribution in [0, 0.1) is 24.6 Å². The van der Waals surface area contributed by atoms with Gasteiger partial charge in [-0.2, -0.15) is 13.2 Å². The predicted octanol–water partition coefficient (Wildman–Crippen LogP) is 4.34. The molecule has 0 aromatic heterocycles. The highest BCUT2D eigenvalue weighted by Crippen LogP contribution is 2.37. The lowest BCUT2D eigenvalue weighted by Gasteiger charge is -2.37. The van der Waals surface area contributed by atoms with Crippen molar-refractivity contribution >= 4 is 0 Å². The highest BCUT2D eigenvalue weighted by Gasteiger charge is 2.37. The van der Waals surface area contributed by atoms with Gasteiger partial charge in [0.05, 0.1) is 24.9 Å². The number of halogens is 4. The molecule has 0 amide bonds. The summed E-state index contributed by atoms with van der Waals surface area (Å²) >= 11 is 0. The lowest BCUT2D eigenvalue weighted by molar-refractivity contribution is -0.231. The number of hydrogen-bond acceptors (Lipinski definition) is 4. The Morgan fingerprint density at radius 3 is 2.37 bits per heavy atom. The summed E-state index contributed by atoms with van der Waals surface area (Å²) < 4.78 is 75.3. The van der Waals surface area contributed by atoms with Gasteiger partial charge in [-0.3, -0.25) is 0 Å². The van der Waals surface area contributed by atoms with Gasteiger partial charge in [0.1, 0.15) is 6.61 Å². The molecule has 4 nitrogen and oxygen atoms in total. The van der Waals surface area contributed by atoms with E-state index in [1.54, 1.807) is 0 Å². The molecule has 0 N–H and O–H groups in total. The molecule has 0 bridgehead atoms. The van der Waals surface area contributed by atoms with E-state index in [0.717, 1.165) is 19.4 Å². The third-order valence-corrected chi connectivity index (χ3v) is 5.03. The minimum Gasteiger partial charge on any atom is -0.485 e. The van der Waals surface area contributed by atoms with Crippen LogP contribution in [0.3, 0.4) is 0 Å². The molecule has 2 heterocycles. The van der Waals surface area contributed by atoms with Crippen LogP contribution in [0.4, 0.5) is 17.6 Å². The van der Waals surface area contributed by atoms with Crippen molar-refractivity contribution in [2.75, 3.05) is 26.4 Å². The van der Waals surface area contributed by atoms with Gasteiger partial charge in [0.15, 0.2) is 17.9 Å². The van der Waals surface area contributed by atoms with Crippen LogP contribution in [-0.4, -0.2) is 38.8 Å². The van der Waals surface area contributed by atoms with E-state index in [9.17, 15) is 17.6 Å². The van der Waals surface area contributed by atoms with Crippen LogP contribution in [0.15, 0.2) is 12.1 Å². The molecule has 2 fully saturated rings. The van der Waals surface area contributed by atoms with E-state index < -0.39 is 29.6 Å². The minimum absolute atomic E-state index is 0.0898. The van der Waals surface area contributed by atoms with Crippen LogP contribution in [-0.2, 0) is 20.4 Å². The van der Waals surface area contributed by atoms with Crippen LogP contribution in [0.1, 0.15) is 30.9 Å². The number of alkyl halides is 3. The fourth-order valence-electron chi connectivity index (χ4n) is 3.41. The maximum Gasteiger partial charge on any atom is 0.419 e. The Bertz CT molecular complexity index is 633. The Hall–Kier alpha value is -1.38. The molecule has 0 saturated carbocycles. The van der Waals surface area contributed by atoms with E-state index in [4.69, 9.17) is 18.9 Å². The topological polar surface area (TPSA) is 36.9 Å². The van der Waals surface area contributed by atoms with Gasteiger partial charge in [-0.05, 0) is 37.3 Å². The Balaban J connectivity index is 1.52. The van der Waals surface area contributed by atoms with Gasteiger partial charge in [0, 0.05) is 12.5 Å². The Labute approximate surface area is 155 Å². The molecule has 0 radical (unpaired) electrons. The largest absolute Gasteiger partial charge is 0.485 e. The first-order valence-corrected chi connectivity index (χ1v) is 9.09. The fraction of sp³-hybridized carbons (Fsp3) is 0.684. The summed E-state index contributed by atoms with van der Waals surface area (Å²) in [5.41, 5.74) is -1.50. The first-order chi connectivity index (χ1) is 12.8. The first kappa shape index (κ1) is 20.4. The molecule has 1 unspecified atom stereocenters. The molecule has 1 aromatic rings. The van der Waals surface area contributed by atoms with E-state index in [0.29, 0.717) is 19.1 Å². The first-order valence-electron chi connectivity index (χ1n) is 9.09. The molecular weight excluding hydrogens is 368 g/mol. The van der Waals surface area contributed by atoms with Crippen LogP contribution in [0.2, 0.25) is 0 Å². The Morgan fingerprint density at radius 2 is 1.78 bits per heavy atom. The number of benzene rings is 1. The average Bonchev–Trinajstić information content (AvgIpc) is 2.61. The molecule has 2 aliphatic rings. The zero-order valence-corrected chi connectivity index (χ0v) is 15.4. The molecular formula is C19H24F4O4. The van der Waals surface area contributed by atoms with Crippen LogP contribution in [0.25, 0.3) is 0 Å². The molecule has 2 aliphatic heterocycles. The average molecular weight is 392 g/mol. The summed E-state index contributed by atoms with van der Waals surface area (Å²) in [5.74, 6) is -1.21. The van der Waals surface area contributed by atoms with E-state index in [2.05, 4.69) is 6.92 Å². The van der Waals surface area contributed by atoms with Crippen LogP contribution in [0.5, 0.6) is 5.75 Å². The van der Waals surface area contributed by atoms with E-state index in [1.165, 1.54) is 19.1 Å². The van der Waals surface area contributed by atoms with Crippen LogP contribution >= 0.6 is 0 Å². The highest BCUT2D eigenvalue weighted by molar-refractivity contribution is 5.38. The molecule has 27 heavy (non-hydrogen) atoms. The van der Waals surface area contributed by atoms with Gasteiger partial charge in [-0.25, -0.2) is 4.39 Å². The van der Waals surface area contributed by atoms with Crippen molar-refractivity contribution in [2.24, 2.45) is 11.8 Å². The third-order valence-electron chi connectivity index (χ3n) is 5.03. The summed E-state index contributed by atoms with van der Waals surface area (Å²) in [6, 6.07) is 2.36. The molecule has 8 heteroatoms. The zero-order chi connectivity index (χ0) is 19.6. The minimum atomic E-state index is -4.78. The standard InChI is InChI=1S/C19H24F4O4/c1-11-3-5-14(24-7-11)13-8-26-16(27-9-13)10-25-15-6-4-12(2)17(18(15)20)19(21,22)23/h4,6,11,13-14,16H,3,5,7-10H2,1-2H3/t11?,13?,14-,16?/m0/s1. The molecule has 152 valence electrons. The monoisotopic (exact) mass is 392 g/mol. The van der Waals surface area contributed by atoms with Crippen molar-refractivity contribution in [3.63, 3.8) is 0 Å². The SMILES string of the molecule is Cc1ccc(OCC2OCC([C@@H]3CCC(C)CO3)CO2)c(F)c1C(F)(F)F. The second-order valence-corrected chi connectivity index (χ2v) is 7.29. The number of ether oxygens (including phenoxy) is 4. The summed E-state index contributed by atoms with van der Waals surface area (Å²) in [5, 5.41) is 0. The number of rotatable bonds is 4. The lowest BCUT2D eigenvalue weighted by Crippen LogP contribution is -2.43. The van der Waals surface area contributed by atoms with Crippen molar-refractivity contribution in [2.45, 2.75) is 45.3 Å². The number of aryl methyl sites for hydroxylation is 1. The van der Waals surface area contributed by atoms with Crippen molar-refractivity contribution < 1.29 is 36.5 Å². The van der Waals surface area contributed by atoms with Crippen molar-refractivity contribution in [3.05, 3.63) is 29.1 Å². The molecule has 2 saturated heterocycles. The van der Waals surface area contributed by atoms with Crippen molar-refractivity contribution in [1.82, 2.24) is 0 Å². The zero-order valence-electron chi connectivity index (χ0n) is 15.4. The molecule has 0 spiro atoms. The maximum absolute atomic E-state index is 14.2. The Morgan fingerprint density at radius 1 is 1.07 bits per heavy atom. The second kappa shape index (κ2) is 8.32. The molecule has 3 rings (SSSR count). The lowest BCUT2D eigenvalue weighted by atomic mass is 9.92. The third kappa shape index (κ3) is 4.92. The normalized spacial score (nSPS) is 29.6. The highest BCUT2D eigenvalue weighted by atomic mass is 19.4. The summed E-state index contributed by atoms with van der Waals surface area (Å²) in [4.78, 5) is 0. The Kier molecular flexibility index (Phi) is 6.28. The van der Waals surface area contributed by atoms with E-state index >= 15 is 0 Å². The van der Waals surface area contributed by atoms with Crippen LogP contribution < -0.4 is 4.74 Å². The smallest absolute Gasteiger partial charge is 0.419 e. The maximum atomic E-state index is 14.2. The van der Waals surface area contributed by atoms with Gasteiger partial charge in [0.25, 0.3) is 0 Å². The number of hydrogen-bond donors (Lipinski definition) is 0. The second-order valence-electron chi connectivity index (χ2n) is 7.29. The summed E-state index contributed by atoms with van der Waals surface area (Å²) in [6.45, 7) is 4.71. The predicted molar refractivity (Wildman–Crippen MR) is 89.0 cm³/mol. The van der Waals surface area contributed by atoms with Gasteiger partial charge in [-0.1, -0.05) is 13.0 Å². The molecule has 1 aromatic carbocycles. The van der Waals surface area contributed by atoms with Gasteiger partial charge >= 0.3 is 6.18 Å². The van der Waals surface area contributed by atoms with E-state index in [1.807, 2.05) is 0 Å². The molecule has 0 aliphatic carbocycles. The van der Waals surface area contributed by atoms with Gasteiger partial charge in [0.2, 0.25) is 0 Å². The van der Waals surface area contributed by atoms with Crippen molar-refractivity contribution in [1.29, 1.82) is 0 Å².